The minimum atomic E-state index is -0.356. The normalized spacial score (nSPS) is 14.3. The van der Waals surface area contributed by atoms with E-state index >= 15 is 0 Å². The van der Waals surface area contributed by atoms with Gasteiger partial charge in [-0.2, -0.15) is 0 Å². The number of nitrogens with one attached hydrogen (secondary N) is 1. The van der Waals surface area contributed by atoms with E-state index in [9.17, 15) is 4.79 Å². The van der Waals surface area contributed by atoms with Gasteiger partial charge in [0.1, 0.15) is 12.4 Å². The lowest BCUT2D eigenvalue weighted by molar-refractivity contribution is 0.139. The minimum Gasteiger partial charge on any atom is -0.445 e. The molecule has 1 fully saturated rings. The molecule has 0 bridgehead atoms. The molecule has 3 aromatic rings. The van der Waals surface area contributed by atoms with E-state index < -0.39 is 0 Å². The molecular formula is C24H27N5O2. The van der Waals surface area contributed by atoms with Crippen molar-refractivity contribution >= 4 is 11.9 Å². The Morgan fingerprint density at radius 3 is 2.68 bits per heavy atom. The van der Waals surface area contributed by atoms with E-state index in [2.05, 4.69) is 20.2 Å². The summed E-state index contributed by atoms with van der Waals surface area (Å²) in [5, 5.41) is 2.87. The molecule has 0 spiro atoms. The Kier molecular flexibility index (Phi) is 7.05. The van der Waals surface area contributed by atoms with Crippen LogP contribution in [0.2, 0.25) is 0 Å². The summed E-state index contributed by atoms with van der Waals surface area (Å²) in [6.45, 7) is 2.83. The molecule has 7 nitrogen and oxygen atoms in total. The Balaban J connectivity index is 1.18. The van der Waals surface area contributed by atoms with Crippen LogP contribution in [0, 0.1) is 5.92 Å². The van der Waals surface area contributed by atoms with Crippen molar-refractivity contribution in [3.63, 3.8) is 0 Å². The van der Waals surface area contributed by atoms with Crippen LogP contribution in [0.4, 0.5) is 10.6 Å². The highest BCUT2D eigenvalue weighted by molar-refractivity contribution is 5.67. The summed E-state index contributed by atoms with van der Waals surface area (Å²) in [6.07, 6.45) is 8.09. The van der Waals surface area contributed by atoms with Gasteiger partial charge >= 0.3 is 6.09 Å². The maximum atomic E-state index is 11.9. The first-order chi connectivity index (χ1) is 15.3. The van der Waals surface area contributed by atoms with Crippen LogP contribution in [-0.4, -0.2) is 40.7 Å². The zero-order valence-corrected chi connectivity index (χ0v) is 17.5. The van der Waals surface area contributed by atoms with Crippen molar-refractivity contribution in [2.75, 3.05) is 24.5 Å². The molecule has 0 radical (unpaired) electrons. The predicted molar refractivity (Wildman–Crippen MR) is 119 cm³/mol. The Bertz CT molecular complexity index is 960. The van der Waals surface area contributed by atoms with Crippen molar-refractivity contribution in [2.45, 2.75) is 25.9 Å². The number of carbonyl (C=O) groups excluding carboxylic acids is 1. The quantitative estimate of drug-likeness (QED) is 0.624. The summed E-state index contributed by atoms with van der Waals surface area (Å²) in [7, 11) is 0. The van der Waals surface area contributed by atoms with Crippen molar-refractivity contribution in [3.8, 4) is 11.4 Å². The van der Waals surface area contributed by atoms with E-state index in [0.29, 0.717) is 24.9 Å². The molecule has 1 N–H and O–H groups in total. The van der Waals surface area contributed by atoms with Gasteiger partial charge in [-0.15, -0.1) is 0 Å². The van der Waals surface area contributed by atoms with Crippen LogP contribution in [0.15, 0.2) is 67.1 Å². The second-order valence-corrected chi connectivity index (χ2v) is 7.69. The van der Waals surface area contributed by atoms with Crippen LogP contribution < -0.4 is 10.2 Å². The summed E-state index contributed by atoms with van der Waals surface area (Å²) >= 11 is 0. The highest BCUT2D eigenvalue weighted by Gasteiger charge is 2.20. The molecule has 1 saturated heterocycles. The zero-order valence-electron chi connectivity index (χ0n) is 17.5. The van der Waals surface area contributed by atoms with Gasteiger partial charge in [0, 0.05) is 43.8 Å². The molecular weight excluding hydrogens is 390 g/mol. The fourth-order valence-electron chi connectivity index (χ4n) is 3.76. The van der Waals surface area contributed by atoms with Crippen LogP contribution in [0.5, 0.6) is 0 Å². The average Bonchev–Trinajstić information content (AvgIpc) is 2.84. The molecule has 0 aliphatic carbocycles. The predicted octanol–water partition coefficient (Wildman–Crippen LogP) is 4.07. The molecule has 160 valence electrons. The SMILES string of the molecule is O=C(NCCC1CCN(c2ccnc(-c3cccnc3)n2)CC1)OCc1ccccc1. The number of pyridine rings is 1. The smallest absolute Gasteiger partial charge is 0.407 e. The summed E-state index contributed by atoms with van der Waals surface area (Å²) in [4.78, 5) is 27.4. The van der Waals surface area contributed by atoms with Crippen molar-refractivity contribution in [3.05, 3.63) is 72.7 Å². The molecule has 7 heteroatoms. The lowest BCUT2D eigenvalue weighted by Crippen LogP contribution is -2.35. The standard InChI is InChI=1S/C24H27N5O2/c30-24(31-18-20-5-2-1-3-6-20)27-13-8-19-10-15-29(16-11-19)22-9-14-26-23(28-22)21-7-4-12-25-17-21/h1-7,9,12,14,17,19H,8,10-11,13,15-16,18H2,(H,27,30). The lowest BCUT2D eigenvalue weighted by atomic mass is 9.93. The van der Waals surface area contributed by atoms with E-state index in [-0.39, 0.29) is 6.09 Å². The Morgan fingerprint density at radius 2 is 1.90 bits per heavy atom. The molecule has 1 aromatic carbocycles. The first-order valence-corrected chi connectivity index (χ1v) is 10.7. The van der Waals surface area contributed by atoms with Crippen molar-refractivity contribution in [2.24, 2.45) is 5.92 Å². The van der Waals surface area contributed by atoms with Crippen molar-refractivity contribution in [1.82, 2.24) is 20.3 Å². The third kappa shape index (κ3) is 6.01. The molecule has 0 saturated carbocycles. The van der Waals surface area contributed by atoms with Crippen LogP contribution in [0.25, 0.3) is 11.4 Å². The molecule has 3 heterocycles. The Hall–Kier alpha value is -3.48. The summed E-state index contributed by atoms with van der Waals surface area (Å²) < 4.78 is 5.26. The monoisotopic (exact) mass is 417 g/mol. The number of ether oxygens (including phenoxy) is 1. The molecule has 2 aromatic heterocycles. The number of anilines is 1. The summed E-state index contributed by atoms with van der Waals surface area (Å²) in [6, 6.07) is 15.5. The van der Waals surface area contributed by atoms with E-state index in [1.165, 1.54) is 0 Å². The maximum Gasteiger partial charge on any atom is 0.407 e. The number of alkyl carbamates (subject to hydrolysis) is 1. The topological polar surface area (TPSA) is 80.2 Å². The highest BCUT2D eigenvalue weighted by atomic mass is 16.5. The van der Waals surface area contributed by atoms with Crippen molar-refractivity contribution in [1.29, 1.82) is 0 Å². The van der Waals surface area contributed by atoms with Gasteiger partial charge in [-0.1, -0.05) is 30.3 Å². The number of hydrogen-bond acceptors (Lipinski definition) is 6. The van der Waals surface area contributed by atoms with E-state index in [4.69, 9.17) is 9.72 Å². The Morgan fingerprint density at radius 1 is 1.06 bits per heavy atom. The van der Waals surface area contributed by atoms with Crippen LogP contribution in [0.1, 0.15) is 24.8 Å². The molecule has 1 amide bonds. The third-order valence-corrected chi connectivity index (χ3v) is 5.53. The number of piperidine rings is 1. The van der Waals surface area contributed by atoms with Gasteiger partial charge in [0.05, 0.1) is 0 Å². The van der Waals surface area contributed by atoms with E-state index in [1.54, 1.807) is 12.4 Å². The van der Waals surface area contributed by atoms with Crippen molar-refractivity contribution < 1.29 is 9.53 Å². The van der Waals surface area contributed by atoms with Gasteiger partial charge in [-0.3, -0.25) is 4.98 Å². The average molecular weight is 418 g/mol. The summed E-state index contributed by atoms with van der Waals surface area (Å²) in [5.41, 5.74) is 1.91. The van der Waals surface area contributed by atoms with Gasteiger partial charge in [0.15, 0.2) is 5.82 Å². The molecule has 1 aliphatic heterocycles. The highest BCUT2D eigenvalue weighted by Crippen LogP contribution is 2.25. The largest absolute Gasteiger partial charge is 0.445 e. The third-order valence-electron chi connectivity index (χ3n) is 5.53. The van der Waals surface area contributed by atoms with Gasteiger partial charge in [0.25, 0.3) is 0 Å². The number of benzene rings is 1. The second kappa shape index (κ2) is 10.5. The number of amides is 1. The molecule has 0 unspecified atom stereocenters. The van der Waals surface area contributed by atoms with E-state index in [0.717, 1.165) is 49.3 Å². The van der Waals surface area contributed by atoms with Crippen LogP contribution in [-0.2, 0) is 11.3 Å². The number of nitrogens with zero attached hydrogens (tertiary/aromatic N) is 4. The van der Waals surface area contributed by atoms with Crippen LogP contribution in [0.3, 0.4) is 0 Å². The molecule has 31 heavy (non-hydrogen) atoms. The van der Waals surface area contributed by atoms with Crippen LogP contribution >= 0.6 is 0 Å². The second-order valence-electron chi connectivity index (χ2n) is 7.69. The number of aromatic nitrogens is 3. The summed E-state index contributed by atoms with van der Waals surface area (Å²) in [5.74, 6) is 2.24. The fourth-order valence-corrected chi connectivity index (χ4v) is 3.76. The number of hydrogen-bond donors (Lipinski definition) is 1. The van der Waals surface area contributed by atoms with E-state index in [1.807, 2.05) is 54.7 Å². The molecule has 4 rings (SSSR count). The first kappa shape index (κ1) is 20.8. The van der Waals surface area contributed by atoms with Gasteiger partial charge in [-0.25, -0.2) is 14.8 Å². The van der Waals surface area contributed by atoms with Gasteiger partial charge in [-0.05, 0) is 48.9 Å². The zero-order chi connectivity index (χ0) is 21.3. The number of rotatable bonds is 7. The van der Waals surface area contributed by atoms with Gasteiger partial charge in [0.2, 0.25) is 0 Å². The van der Waals surface area contributed by atoms with Gasteiger partial charge < -0.3 is 15.0 Å². The lowest BCUT2D eigenvalue weighted by Gasteiger charge is -2.32. The fraction of sp³-hybridized carbons (Fsp3) is 0.333. The Labute approximate surface area is 182 Å². The number of carbonyl (C=O) groups is 1. The first-order valence-electron chi connectivity index (χ1n) is 10.7. The molecule has 1 aliphatic rings. The molecule has 0 atom stereocenters. The minimum absolute atomic E-state index is 0.297. The maximum absolute atomic E-state index is 11.9.